The highest BCUT2D eigenvalue weighted by molar-refractivity contribution is 9.10. The molecule has 1 aromatic carbocycles. The number of rotatable bonds is 6. The van der Waals surface area contributed by atoms with Gasteiger partial charge >= 0.3 is 0 Å². The topological polar surface area (TPSA) is 80.5 Å². The van der Waals surface area contributed by atoms with Gasteiger partial charge in [0.2, 0.25) is 10.0 Å². The lowest BCUT2D eigenvalue weighted by Crippen LogP contribution is -2.28. The van der Waals surface area contributed by atoms with Crippen molar-refractivity contribution in [1.82, 2.24) is 4.90 Å². The van der Waals surface area contributed by atoms with Crippen molar-refractivity contribution in [1.29, 1.82) is 0 Å². The summed E-state index contributed by atoms with van der Waals surface area (Å²) in [6.45, 7) is 2.66. The number of amides is 1. The van der Waals surface area contributed by atoms with E-state index in [9.17, 15) is 13.2 Å². The van der Waals surface area contributed by atoms with E-state index in [4.69, 9.17) is 16.7 Å². The average Bonchev–Trinajstić information content (AvgIpc) is 2.39. The first kappa shape index (κ1) is 18.4. The zero-order valence-corrected chi connectivity index (χ0v) is 15.1. The van der Waals surface area contributed by atoms with E-state index >= 15 is 0 Å². The Labute approximate surface area is 138 Å². The van der Waals surface area contributed by atoms with Gasteiger partial charge in [0.15, 0.2) is 0 Å². The number of benzene rings is 1. The lowest BCUT2D eigenvalue weighted by molar-refractivity contribution is 0.0792. The minimum Gasteiger partial charge on any atom is -0.342 e. The van der Waals surface area contributed by atoms with E-state index in [1.165, 1.54) is 17.0 Å². The molecule has 0 aliphatic carbocycles. The Morgan fingerprint density at radius 1 is 1.38 bits per heavy atom. The van der Waals surface area contributed by atoms with Crippen LogP contribution in [0.15, 0.2) is 21.5 Å². The largest absolute Gasteiger partial charge is 0.342 e. The van der Waals surface area contributed by atoms with Gasteiger partial charge in [0.25, 0.3) is 5.91 Å². The second kappa shape index (κ2) is 7.58. The van der Waals surface area contributed by atoms with Gasteiger partial charge in [0.05, 0.1) is 10.6 Å². The molecular formula is C13H18BrClN2O3S. The predicted octanol–water partition coefficient (Wildman–Crippen LogP) is 3.01. The molecule has 0 aliphatic heterocycles. The maximum atomic E-state index is 12.4. The molecule has 0 atom stereocenters. The molecular weight excluding hydrogens is 380 g/mol. The molecule has 21 heavy (non-hydrogen) atoms. The second-order valence-corrected chi connectivity index (χ2v) is 7.57. The quantitative estimate of drug-likeness (QED) is 0.749. The SMILES string of the molecule is CCCCCN(C)C(=O)c1cc(Br)cc(S(N)(=O)=O)c1Cl. The van der Waals surface area contributed by atoms with E-state index in [0.29, 0.717) is 11.0 Å². The molecule has 0 bridgehead atoms. The van der Waals surface area contributed by atoms with Gasteiger partial charge in [-0.2, -0.15) is 0 Å². The minimum atomic E-state index is -3.99. The van der Waals surface area contributed by atoms with Crippen molar-refractivity contribution >= 4 is 43.5 Å². The van der Waals surface area contributed by atoms with Crippen LogP contribution in [-0.2, 0) is 10.0 Å². The highest BCUT2D eigenvalue weighted by Gasteiger charge is 2.22. The molecule has 1 aromatic rings. The van der Waals surface area contributed by atoms with E-state index in [-0.39, 0.29) is 21.4 Å². The third-order valence-electron chi connectivity index (χ3n) is 2.98. The van der Waals surface area contributed by atoms with Gasteiger partial charge in [0, 0.05) is 18.1 Å². The number of sulfonamides is 1. The standard InChI is InChI=1S/C13H18BrClN2O3S/c1-3-4-5-6-17(2)13(18)10-7-9(14)8-11(12(10)15)21(16,19)20/h7-8H,3-6H2,1-2H3,(H2,16,19,20). The van der Waals surface area contributed by atoms with E-state index in [2.05, 4.69) is 22.9 Å². The summed E-state index contributed by atoms with van der Waals surface area (Å²) in [6.07, 6.45) is 2.95. The summed E-state index contributed by atoms with van der Waals surface area (Å²) in [7, 11) is -2.33. The number of hydrogen-bond acceptors (Lipinski definition) is 3. The number of nitrogens with zero attached hydrogens (tertiary/aromatic N) is 1. The zero-order valence-electron chi connectivity index (χ0n) is 11.9. The molecule has 0 aromatic heterocycles. The van der Waals surface area contributed by atoms with Gasteiger partial charge in [-0.05, 0) is 18.6 Å². The van der Waals surface area contributed by atoms with E-state index in [1.807, 2.05) is 0 Å². The third-order valence-corrected chi connectivity index (χ3v) is 4.90. The first-order valence-corrected chi connectivity index (χ1v) is 9.17. The van der Waals surface area contributed by atoms with Crippen LogP contribution >= 0.6 is 27.5 Å². The van der Waals surface area contributed by atoms with Crippen LogP contribution in [0.3, 0.4) is 0 Å². The predicted molar refractivity (Wildman–Crippen MR) is 87.0 cm³/mol. The van der Waals surface area contributed by atoms with Crippen molar-refractivity contribution < 1.29 is 13.2 Å². The molecule has 0 saturated carbocycles. The van der Waals surface area contributed by atoms with Crippen LogP contribution in [0.2, 0.25) is 5.02 Å². The lowest BCUT2D eigenvalue weighted by atomic mass is 10.2. The molecule has 8 heteroatoms. The summed E-state index contributed by atoms with van der Waals surface area (Å²) in [5, 5.41) is 4.97. The summed E-state index contributed by atoms with van der Waals surface area (Å²) < 4.78 is 23.4. The Morgan fingerprint density at radius 3 is 2.52 bits per heavy atom. The molecule has 0 unspecified atom stereocenters. The van der Waals surface area contributed by atoms with Crippen molar-refractivity contribution in [2.45, 2.75) is 31.1 Å². The first-order valence-electron chi connectivity index (χ1n) is 6.45. The molecule has 5 nitrogen and oxygen atoms in total. The van der Waals surface area contributed by atoms with Gasteiger partial charge in [0.1, 0.15) is 4.90 Å². The summed E-state index contributed by atoms with van der Waals surface area (Å²) in [5.74, 6) is -0.331. The van der Waals surface area contributed by atoms with Crippen LogP contribution in [0.1, 0.15) is 36.5 Å². The molecule has 2 N–H and O–H groups in total. The van der Waals surface area contributed by atoms with Gasteiger partial charge in [-0.15, -0.1) is 0 Å². The summed E-state index contributed by atoms with van der Waals surface area (Å²) in [5.41, 5.74) is 0.120. The first-order chi connectivity index (χ1) is 9.68. The van der Waals surface area contributed by atoms with Crippen LogP contribution in [0, 0.1) is 0 Å². The molecule has 1 rings (SSSR count). The van der Waals surface area contributed by atoms with Crippen LogP contribution in [-0.4, -0.2) is 32.8 Å². The highest BCUT2D eigenvalue weighted by Crippen LogP contribution is 2.29. The van der Waals surface area contributed by atoms with Crippen molar-refractivity contribution in [3.05, 3.63) is 27.2 Å². The van der Waals surface area contributed by atoms with Gasteiger partial charge in [-0.3, -0.25) is 4.79 Å². The smallest absolute Gasteiger partial charge is 0.255 e. The summed E-state index contributed by atoms with van der Waals surface area (Å²) in [6, 6.07) is 2.78. The zero-order chi connectivity index (χ0) is 16.2. The maximum Gasteiger partial charge on any atom is 0.255 e. The normalized spacial score (nSPS) is 11.5. The number of carbonyl (C=O) groups is 1. The van der Waals surface area contributed by atoms with E-state index in [0.717, 1.165) is 19.3 Å². The summed E-state index contributed by atoms with van der Waals surface area (Å²) >= 11 is 9.21. The second-order valence-electron chi connectivity index (χ2n) is 4.74. The fourth-order valence-corrected chi connectivity index (χ4v) is 3.61. The third kappa shape index (κ3) is 4.95. The van der Waals surface area contributed by atoms with Gasteiger partial charge in [-0.25, -0.2) is 13.6 Å². The Morgan fingerprint density at radius 2 is 2.00 bits per heavy atom. The minimum absolute atomic E-state index is 0.120. The molecule has 0 saturated heterocycles. The Bertz CT molecular complexity index is 635. The molecule has 0 spiro atoms. The molecule has 0 fully saturated rings. The molecule has 0 radical (unpaired) electrons. The lowest BCUT2D eigenvalue weighted by Gasteiger charge is -2.18. The van der Waals surface area contributed by atoms with Crippen LogP contribution in [0.5, 0.6) is 0 Å². The van der Waals surface area contributed by atoms with Crippen LogP contribution in [0.25, 0.3) is 0 Å². The maximum absolute atomic E-state index is 12.4. The molecule has 0 heterocycles. The van der Waals surface area contributed by atoms with Crippen molar-refractivity contribution in [2.24, 2.45) is 5.14 Å². The van der Waals surface area contributed by atoms with Crippen molar-refractivity contribution in [2.75, 3.05) is 13.6 Å². The fourth-order valence-electron chi connectivity index (χ4n) is 1.83. The molecule has 1 amide bonds. The van der Waals surface area contributed by atoms with Crippen molar-refractivity contribution in [3.8, 4) is 0 Å². The molecule has 118 valence electrons. The number of halogens is 2. The number of primary sulfonamides is 1. The average molecular weight is 398 g/mol. The highest BCUT2D eigenvalue weighted by atomic mass is 79.9. The Balaban J connectivity index is 3.13. The Hall–Kier alpha value is -0.630. The fraction of sp³-hybridized carbons (Fsp3) is 0.462. The van der Waals surface area contributed by atoms with E-state index < -0.39 is 10.0 Å². The van der Waals surface area contributed by atoms with Crippen LogP contribution < -0.4 is 5.14 Å². The van der Waals surface area contributed by atoms with Gasteiger partial charge in [-0.1, -0.05) is 47.3 Å². The monoisotopic (exact) mass is 396 g/mol. The Kier molecular flexibility index (Phi) is 6.65. The number of carbonyl (C=O) groups excluding carboxylic acids is 1. The number of unbranched alkanes of at least 4 members (excludes halogenated alkanes) is 2. The number of nitrogens with two attached hydrogens (primary N) is 1. The van der Waals surface area contributed by atoms with Crippen molar-refractivity contribution in [3.63, 3.8) is 0 Å². The van der Waals surface area contributed by atoms with E-state index in [1.54, 1.807) is 7.05 Å². The molecule has 0 aliphatic rings. The van der Waals surface area contributed by atoms with Crippen LogP contribution in [0.4, 0.5) is 0 Å². The number of hydrogen-bond donors (Lipinski definition) is 1. The van der Waals surface area contributed by atoms with Gasteiger partial charge < -0.3 is 4.90 Å². The summed E-state index contributed by atoms with van der Waals surface area (Å²) in [4.78, 5) is 13.6.